The fourth-order valence-electron chi connectivity index (χ4n) is 2.52. The Labute approximate surface area is 111 Å². The lowest BCUT2D eigenvalue weighted by molar-refractivity contribution is -0.177. The van der Waals surface area contributed by atoms with Crippen molar-refractivity contribution in [2.75, 3.05) is 6.61 Å². The van der Waals surface area contributed by atoms with Crippen molar-refractivity contribution in [3.63, 3.8) is 0 Å². The third kappa shape index (κ3) is 5.12. The molecule has 110 valence electrons. The number of carbonyl (C=O) groups is 2. The molecule has 1 saturated carbocycles. The molecule has 0 heterocycles. The SMILES string of the molecule is CCCC1(OC(=O)COC(=O)C(F)F)CCCCC1. The van der Waals surface area contributed by atoms with Crippen molar-refractivity contribution in [1.82, 2.24) is 0 Å². The van der Waals surface area contributed by atoms with Gasteiger partial charge in [-0.1, -0.05) is 19.8 Å². The first kappa shape index (κ1) is 15.9. The van der Waals surface area contributed by atoms with Gasteiger partial charge in [-0.25, -0.2) is 9.59 Å². The van der Waals surface area contributed by atoms with Gasteiger partial charge in [0.15, 0.2) is 6.61 Å². The van der Waals surface area contributed by atoms with Crippen LogP contribution in [0, 0.1) is 0 Å². The van der Waals surface area contributed by atoms with E-state index < -0.39 is 30.6 Å². The van der Waals surface area contributed by atoms with Gasteiger partial charge >= 0.3 is 18.4 Å². The van der Waals surface area contributed by atoms with Crippen LogP contribution >= 0.6 is 0 Å². The smallest absolute Gasteiger partial charge is 0.374 e. The van der Waals surface area contributed by atoms with Gasteiger partial charge in [-0.2, -0.15) is 8.78 Å². The Balaban J connectivity index is 2.45. The Bertz CT molecular complexity index is 306. The number of rotatable bonds is 6. The molecule has 0 aliphatic heterocycles. The Morgan fingerprint density at radius 1 is 1.21 bits per heavy atom. The van der Waals surface area contributed by atoms with Crippen LogP contribution in [0.15, 0.2) is 0 Å². The van der Waals surface area contributed by atoms with Crippen LogP contribution in [-0.4, -0.2) is 30.6 Å². The summed E-state index contributed by atoms with van der Waals surface area (Å²) in [6, 6.07) is 0. The van der Waals surface area contributed by atoms with Gasteiger partial charge in [0, 0.05) is 0 Å². The minimum Gasteiger partial charge on any atom is -0.457 e. The number of hydrogen-bond donors (Lipinski definition) is 0. The van der Waals surface area contributed by atoms with Gasteiger partial charge in [0.25, 0.3) is 0 Å². The first-order valence-electron chi connectivity index (χ1n) is 6.66. The third-order valence-corrected chi connectivity index (χ3v) is 3.31. The first-order chi connectivity index (χ1) is 8.99. The molecule has 0 atom stereocenters. The fraction of sp³-hybridized carbons (Fsp3) is 0.846. The van der Waals surface area contributed by atoms with Gasteiger partial charge < -0.3 is 9.47 Å². The average molecular weight is 278 g/mol. The van der Waals surface area contributed by atoms with Crippen molar-refractivity contribution in [3.05, 3.63) is 0 Å². The Morgan fingerprint density at radius 3 is 2.37 bits per heavy atom. The molecule has 1 aliphatic carbocycles. The Morgan fingerprint density at radius 2 is 1.84 bits per heavy atom. The molecule has 19 heavy (non-hydrogen) atoms. The molecule has 0 bridgehead atoms. The van der Waals surface area contributed by atoms with Crippen LogP contribution in [0.25, 0.3) is 0 Å². The molecule has 0 aromatic heterocycles. The molecule has 0 saturated heterocycles. The number of ether oxygens (including phenoxy) is 2. The molecular weight excluding hydrogens is 258 g/mol. The zero-order valence-electron chi connectivity index (χ0n) is 11.1. The molecule has 6 heteroatoms. The van der Waals surface area contributed by atoms with Crippen LogP contribution in [0.5, 0.6) is 0 Å². The third-order valence-electron chi connectivity index (χ3n) is 3.31. The van der Waals surface area contributed by atoms with Gasteiger partial charge in [-0.15, -0.1) is 0 Å². The van der Waals surface area contributed by atoms with Crippen LogP contribution in [0.1, 0.15) is 51.9 Å². The van der Waals surface area contributed by atoms with Gasteiger partial charge in [0.2, 0.25) is 0 Å². The largest absolute Gasteiger partial charge is 0.457 e. The van der Waals surface area contributed by atoms with Gasteiger partial charge in [0.05, 0.1) is 0 Å². The van der Waals surface area contributed by atoms with E-state index in [9.17, 15) is 18.4 Å². The topological polar surface area (TPSA) is 52.6 Å². The molecule has 4 nitrogen and oxygen atoms in total. The second-order valence-corrected chi connectivity index (χ2v) is 4.88. The van der Waals surface area contributed by atoms with Gasteiger partial charge in [-0.05, 0) is 32.1 Å². The molecule has 0 aromatic carbocycles. The number of hydrogen-bond acceptors (Lipinski definition) is 4. The summed E-state index contributed by atoms with van der Waals surface area (Å²) in [5, 5.41) is 0. The number of halogens is 2. The average Bonchev–Trinajstić information content (AvgIpc) is 2.37. The van der Waals surface area contributed by atoms with E-state index in [2.05, 4.69) is 4.74 Å². The van der Waals surface area contributed by atoms with Crippen LogP contribution in [0.2, 0.25) is 0 Å². The molecule has 0 aromatic rings. The quantitative estimate of drug-likeness (QED) is 0.701. The molecule has 0 N–H and O–H groups in total. The minimum absolute atomic E-state index is 0.499. The number of esters is 2. The second kappa shape index (κ2) is 7.40. The second-order valence-electron chi connectivity index (χ2n) is 4.88. The lowest BCUT2D eigenvalue weighted by Gasteiger charge is -2.36. The summed E-state index contributed by atoms with van der Waals surface area (Å²) in [5.74, 6) is -2.44. The molecule has 1 aliphatic rings. The van der Waals surface area contributed by atoms with E-state index in [4.69, 9.17) is 4.74 Å². The van der Waals surface area contributed by atoms with Crippen LogP contribution in [0.3, 0.4) is 0 Å². The van der Waals surface area contributed by atoms with Crippen molar-refractivity contribution in [2.45, 2.75) is 63.9 Å². The lowest BCUT2D eigenvalue weighted by Crippen LogP contribution is -2.38. The van der Waals surface area contributed by atoms with Crippen molar-refractivity contribution in [1.29, 1.82) is 0 Å². The summed E-state index contributed by atoms with van der Waals surface area (Å²) in [5.41, 5.74) is -0.499. The monoisotopic (exact) mass is 278 g/mol. The predicted octanol–water partition coefficient (Wildman–Crippen LogP) is 2.84. The Kier molecular flexibility index (Phi) is 6.18. The van der Waals surface area contributed by atoms with Crippen LogP contribution < -0.4 is 0 Å². The van der Waals surface area contributed by atoms with E-state index in [0.717, 1.165) is 44.9 Å². The summed E-state index contributed by atoms with van der Waals surface area (Å²) < 4.78 is 33.4. The van der Waals surface area contributed by atoms with E-state index in [1.54, 1.807) is 0 Å². The molecule has 1 fully saturated rings. The molecule has 0 amide bonds. The normalized spacial score (nSPS) is 18.1. The highest BCUT2D eigenvalue weighted by atomic mass is 19.3. The van der Waals surface area contributed by atoms with Crippen molar-refractivity contribution in [2.24, 2.45) is 0 Å². The van der Waals surface area contributed by atoms with E-state index in [0.29, 0.717) is 0 Å². The molecule has 0 radical (unpaired) electrons. The summed E-state index contributed by atoms with van der Waals surface area (Å²) in [6.07, 6.45) is 3.08. The van der Waals surface area contributed by atoms with Crippen molar-refractivity contribution < 1.29 is 27.8 Å². The zero-order valence-corrected chi connectivity index (χ0v) is 11.1. The predicted molar refractivity (Wildman–Crippen MR) is 63.8 cm³/mol. The maximum Gasteiger partial charge on any atom is 0.374 e. The minimum atomic E-state index is -3.22. The fourth-order valence-corrected chi connectivity index (χ4v) is 2.52. The summed E-state index contributed by atoms with van der Waals surface area (Å²) in [6.45, 7) is 1.26. The summed E-state index contributed by atoms with van der Waals surface area (Å²) in [4.78, 5) is 22.1. The maximum absolute atomic E-state index is 11.9. The highest BCUT2D eigenvalue weighted by Crippen LogP contribution is 2.35. The Hall–Kier alpha value is -1.20. The highest BCUT2D eigenvalue weighted by Gasteiger charge is 2.35. The molecule has 1 rings (SSSR count). The van der Waals surface area contributed by atoms with E-state index >= 15 is 0 Å². The van der Waals surface area contributed by atoms with E-state index in [-0.39, 0.29) is 0 Å². The highest BCUT2D eigenvalue weighted by molar-refractivity contribution is 5.78. The number of alkyl halides is 2. The van der Waals surface area contributed by atoms with Gasteiger partial charge in [-0.3, -0.25) is 0 Å². The molecule has 0 spiro atoms. The maximum atomic E-state index is 11.9. The van der Waals surface area contributed by atoms with E-state index in [1.165, 1.54) is 0 Å². The lowest BCUT2D eigenvalue weighted by atomic mass is 9.81. The standard InChI is InChI=1S/C13H20F2O4/c1-2-6-13(7-4-3-5-8-13)19-10(16)9-18-12(17)11(14)15/h11H,2-9H2,1H3. The van der Waals surface area contributed by atoms with Crippen LogP contribution in [0.4, 0.5) is 8.78 Å². The van der Waals surface area contributed by atoms with Crippen LogP contribution in [-0.2, 0) is 19.1 Å². The van der Waals surface area contributed by atoms with E-state index in [1.807, 2.05) is 6.92 Å². The molecular formula is C13H20F2O4. The van der Waals surface area contributed by atoms with Crippen molar-refractivity contribution in [3.8, 4) is 0 Å². The zero-order chi connectivity index (χ0) is 14.3. The summed E-state index contributed by atoms with van der Waals surface area (Å²) in [7, 11) is 0. The van der Waals surface area contributed by atoms with Gasteiger partial charge in [0.1, 0.15) is 5.60 Å². The number of carbonyl (C=O) groups excluding carboxylic acids is 2. The summed E-state index contributed by atoms with van der Waals surface area (Å²) >= 11 is 0. The van der Waals surface area contributed by atoms with Crippen molar-refractivity contribution >= 4 is 11.9 Å². The molecule has 0 unspecified atom stereocenters. The first-order valence-corrected chi connectivity index (χ1v) is 6.66.